The van der Waals surface area contributed by atoms with Crippen LogP contribution in [0.3, 0.4) is 0 Å². The predicted octanol–water partition coefficient (Wildman–Crippen LogP) is 1.86. The van der Waals surface area contributed by atoms with Crippen LogP contribution >= 0.6 is 0 Å². The van der Waals surface area contributed by atoms with Crippen LogP contribution in [-0.2, 0) is 9.59 Å². The molecule has 4 rings (SSSR count). The minimum absolute atomic E-state index is 0.0186. The maximum absolute atomic E-state index is 13.1. The van der Waals surface area contributed by atoms with E-state index in [9.17, 15) is 9.59 Å². The average Bonchev–Trinajstić information content (AvgIpc) is 2.90. The van der Waals surface area contributed by atoms with E-state index in [2.05, 4.69) is 0 Å². The summed E-state index contributed by atoms with van der Waals surface area (Å²) in [7, 11) is 0. The van der Waals surface area contributed by atoms with E-state index >= 15 is 0 Å². The van der Waals surface area contributed by atoms with Crippen LogP contribution in [0.1, 0.15) is 50.5 Å². The van der Waals surface area contributed by atoms with E-state index in [1.807, 2.05) is 31.2 Å². The first-order chi connectivity index (χ1) is 11.6. The van der Waals surface area contributed by atoms with Gasteiger partial charge in [0.25, 0.3) is 5.91 Å². The van der Waals surface area contributed by atoms with Gasteiger partial charge < -0.3 is 4.90 Å². The summed E-state index contributed by atoms with van der Waals surface area (Å²) in [6.45, 7) is 3.06. The van der Waals surface area contributed by atoms with Gasteiger partial charge in [-0.1, -0.05) is 24.1 Å². The Kier molecular flexibility index (Phi) is 4.17. The fourth-order valence-electron chi connectivity index (χ4n) is 5.11. The van der Waals surface area contributed by atoms with Crippen molar-refractivity contribution < 1.29 is 14.5 Å². The fourth-order valence-corrected chi connectivity index (χ4v) is 5.11. The van der Waals surface area contributed by atoms with E-state index in [1.165, 1.54) is 48.3 Å². The maximum atomic E-state index is 13.1. The molecule has 0 spiro atoms. The molecule has 1 N–H and O–H groups in total. The summed E-state index contributed by atoms with van der Waals surface area (Å²) in [5, 5.41) is 0. The minimum atomic E-state index is -0.162. The van der Waals surface area contributed by atoms with Crippen LogP contribution in [0.5, 0.6) is 0 Å². The van der Waals surface area contributed by atoms with Crippen LogP contribution in [0.15, 0.2) is 24.3 Å². The highest BCUT2D eigenvalue weighted by Crippen LogP contribution is 2.30. The molecule has 2 aliphatic heterocycles. The Bertz CT molecular complexity index is 638. The van der Waals surface area contributed by atoms with Gasteiger partial charge in [0.15, 0.2) is 6.04 Å². The van der Waals surface area contributed by atoms with Crippen molar-refractivity contribution in [2.24, 2.45) is 5.92 Å². The summed E-state index contributed by atoms with van der Waals surface area (Å²) in [5.74, 6) is 0.753. The molecule has 4 nitrogen and oxygen atoms in total. The highest BCUT2D eigenvalue weighted by Gasteiger charge is 2.50. The molecule has 0 aromatic heterocycles. The second-order valence-corrected chi connectivity index (χ2v) is 7.78. The molecule has 2 amide bonds. The van der Waals surface area contributed by atoms with E-state index in [0.29, 0.717) is 12.5 Å². The third kappa shape index (κ3) is 2.67. The number of likely N-dealkylation sites (tertiary alicyclic amines) is 1. The van der Waals surface area contributed by atoms with Gasteiger partial charge in [-0.05, 0) is 51.2 Å². The zero-order valence-electron chi connectivity index (χ0n) is 14.5. The molecule has 2 heterocycles. The van der Waals surface area contributed by atoms with Gasteiger partial charge in [-0.25, -0.2) is 4.90 Å². The largest absolute Gasteiger partial charge is 0.322 e. The molecule has 24 heavy (non-hydrogen) atoms. The van der Waals surface area contributed by atoms with Gasteiger partial charge in [0, 0.05) is 5.92 Å². The number of nitrogens with zero attached hydrogens (tertiary/aromatic N) is 1. The van der Waals surface area contributed by atoms with Crippen molar-refractivity contribution in [1.82, 2.24) is 0 Å². The van der Waals surface area contributed by atoms with Crippen molar-refractivity contribution in [3.63, 3.8) is 0 Å². The maximum Gasteiger partial charge on any atom is 0.292 e. The molecule has 4 atom stereocenters. The summed E-state index contributed by atoms with van der Waals surface area (Å²) in [5.41, 5.74) is 1.87. The first kappa shape index (κ1) is 15.8. The molecule has 3 aliphatic rings. The molecule has 1 aliphatic carbocycles. The molecule has 0 radical (unpaired) electrons. The Morgan fingerprint density at radius 1 is 1.00 bits per heavy atom. The average molecular weight is 327 g/mol. The van der Waals surface area contributed by atoms with Gasteiger partial charge in [0.2, 0.25) is 5.91 Å². The van der Waals surface area contributed by atoms with Crippen molar-refractivity contribution in [2.45, 2.75) is 64.0 Å². The third-order valence-electron chi connectivity index (χ3n) is 6.31. The van der Waals surface area contributed by atoms with Gasteiger partial charge in [-0.2, -0.15) is 0 Å². The number of aryl methyl sites for hydroxylation is 1. The van der Waals surface area contributed by atoms with E-state index in [-0.39, 0.29) is 17.9 Å². The molecular formula is C20H27N2O2+. The third-order valence-corrected chi connectivity index (χ3v) is 6.31. The van der Waals surface area contributed by atoms with Gasteiger partial charge in [0.1, 0.15) is 0 Å². The molecule has 2 saturated heterocycles. The monoisotopic (exact) mass is 327 g/mol. The molecule has 1 saturated carbocycles. The van der Waals surface area contributed by atoms with Gasteiger partial charge in [0.05, 0.1) is 24.7 Å². The van der Waals surface area contributed by atoms with Crippen molar-refractivity contribution in [3.8, 4) is 0 Å². The Labute approximate surface area is 143 Å². The predicted molar refractivity (Wildman–Crippen MR) is 92.9 cm³/mol. The lowest BCUT2D eigenvalue weighted by Crippen LogP contribution is -3.21. The quantitative estimate of drug-likeness (QED) is 0.843. The lowest BCUT2D eigenvalue weighted by molar-refractivity contribution is -0.950. The number of carbonyl (C=O) groups excluding carboxylic acids is 2. The number of hydrogen-bond acceptors (Lipinski definition) is 2. The number of anilines is 1. The highest BCUT2D eigenvalue weighted by molar-refractivity contribution is 6.21. The van der Waals surface area contributed by atoms with Crippen LogP contribution < -0.4 is 9.80 Å². The Morgan fingerprint density at radius 2 is 1.71 bits per heavy atom. The first-order valence-electron chi connectivity index (χ1n) is 9.44. The van der Waals surface area contributed by atoms with Crippen LogP contribution in [-0.4, -0.2) is 30.4 Å². The standard InChI is InChI=1S/C20H26N2O2/c1-14-8-10-16(11-9-14)22-19(23)13-18(20(22)24)21-12-4-6-15-5-2-3-7-17(15)21/h8-11,15,17-18H,2-7,12-13H2,1H3/p+1/t15-,17+,18-/m1/s1. The van der Waals surface area contributed by atoms with Gasteiger partial charge in [-0.3, -0.25) is 9.59 Å². The Hall–Kier alpha value is -1.68. The highest BCUT2D eigenvalue weighted by atomic mass is 16.2. The van der Waals surface area contributed by atoms with E-state index < -0.39 is 0 Å². The number of hydrogen-bond donors (Lipinski definition) is 1. The molecule has 1 aromatic rings. The van der Waals surface area contributed by atoms with E-state index in [0.717, 1.165) is 23.7 Å². The summed E-state index contributed by atoms with van der Waals surface area (Å²) in [6.07, 6.45) is 8.03. The van der Waals surface area contributed by atoms with Crippen molar-refractivity contribution in [1.29, 1.82) is 0 Å². The van der Waals surface area contributed by atoms with E-state index in [1.54, 1.807) is 0 Å². The number of imide groups is 1. The van der Waals surface area contributed by atoms with Crippen LogP contribution in [0.25, 0.3) is 0 Å². The topological polar surface area (TPSA) is 41.8 Å². The van der Waals surface area contributed by atoms with Crippen molar-refractivity contribution in [2.75, 3.05) is 11.4 Å². The zero-order valence-corrected chi connectivity index (χ0v) is 14.5. The molecule has 128 valence electrons. The number of amides is 2. The van der Waals surface area contributed by atoms with Crippen molar-refractivity contribution >= 4 is 17.5 Å². The zero-order chi connectivity index (χ0) is 16.7. The van der Waals surface area contributed by atoms with Gasteiger partial charge >= 0.3 is 0 Å². The first-order valence-corrected chi connectivity index (χ1v) is 9.44. The summed E-state index contributed by atoms with van der Waals surface area (Å²) in [4.78, 5) is 28.5. The SMILES string of the molecule is Cc1ccc(N2C(=O)C[C@@H]([NH+]3CCC[C@H]4CCCC[C@@H]43)C2=O)cc1. The van der Waals surface area contributed by atoms with Crippen molar-refractivity contribution in [3.05, 3.63) is 29.8 Å². The number of nitrogens with one attached hydrogen (secondary N) is 1. The Balaban J connectivity index is 1.57. The second-order valence-electron chi connectivity index (χ2n) is 7.78. The number of carbonyl (C=O) groups is 2. The lowest BCUT2D eigenvalue weighted by Gasteiger charge is -2.43. The number of quaternary nitrogens is 1. The molecule has 4 heteroatoms. The van der Waals surface area contributed by atoms with Crippen LogP contribution in [0, 0.1) is 12.8 Å². The number of benzene rings is 1. The lowest BCUT2D eigenvalue weighted by atomic mass is 9.77. The summed E-state index contributed by atoms with van der Waals surface area (Å²) in [6, 6.07) is 8.14. The second kappa shape index (κ2) is 6.32. The van der Waals surface area contributed by atoms with Gasteiger partial charge in [-0.15, -0.1) is 0 Å². The molecule has 1 aromatic carbocycles. The van der Waals surface area contributed by atoms with Crippen LogP contribution in [0.4, 0.5) is 5.69 Å². The molecule has 0 bridgehead atoms. The minimum Gasteiger partial charge on any atom is -0.322 e. The molecule has 1 unspecified atom stereocenters. The summed E-state index contributed by atoms with van der Waals surface area (Å²) < 4.78 is 0. The molecule has 3 fully saturated rings. The number of rotatable bonds is 2. The molecular weight excluding hydrogens is 300 g/mol. The normalized spacial score (nSPS) is 33.6. The smallest absolute Gasteiger partial charge is 0.292 e. The number of piperidine rings is 1. The fraction of sp³-hybridized carbons (Fsp3) is 0.600. The summed E-state index contributed by atoms with van der Waals surface area (Å²) >= 11 is 0. The van der Waals surface area contributed by atoms with E-state index in [4.69, 9.17) is 0 Å². The Morgan fingerprint density at radius 3 is 2.50 bits per heavy atom. The van der Waals surface area contributed by atoms with Crippen LogP contribution in [0.2, 0.25) is 0 Å². The number of fused-ring (bicyclic) bond motifs is 1.